The third kappa shape index (κ3) is 4.48. The lowest BCUT2D eigenvalue weighted by atomic mass is 10.1. The van der Waals surface area contributed by atoms with Gasteiger partial charge in [0.25, 0.3) is 0 Å². The molecule has 1 aromatic carbocycles. The molecule has 1 rings (SSSR count). The van der Waals surface area contributed by atoms with Crippen LogP contribution in [0.1, 0.15) is 11.1 Å². The molecule has 0 saturated heterocycles. The number of nitrogens with zero attached hydrogens (tertiary/aromatic N) is 1. The summed E-state index contributed by atoms with van der Waals surface area (Å²) < 4.78 is 0. The van der Waals surface area contributed by atoms with Crippen LogP contribution in [0.4, 0.5) is 0 Å². The number of rotatable bonds is 5. The van der Waals surface area contributed by atoms with Crippen molar-refractivity contribution >= 4 is 17.6 Å². The molecule has 1 N–H and O–H groups in total. The van der Waals surface area contributed by atoms with Crippen LogP contribution in [0.2, 0.25) is 5.02 Å². The standard InChI is InChI=1S/C13H14ClNO2/c1-3-6-15(9-13(16)17)8-11-4-5-12(14)7-10(11)2/h1,4-5,7H,6,8-9H2,2H3,(H,16,17). The van der Waals surface area contributed by atoms with Crippen molar-refractivity contribution < 1.29 is 9.90 Å². The lowest BCUT2D eigenvalue weighted by molar-refractivity contribution is -0.138. The highest BCUT2D eigenvalue weighted by Gasteiger charge is 2.10. The maximum Gasteiger partial charge on any atom is 0.317 e. The molecule has 0 aliphatic heterocycles. The van der Waals surface area contributed by atoms with Crippen LogP contribution in [0, 0.1) is 19.3 Å². The number of benzene rings is 1. The second-order valence-electron chi connectivity index (χ2n) is 3.81. The molecule has 0 saturated carbocycles. The maximum atomic E-state index is 10.7. The van der Waals surface area contributed by atoms with Gasteiger partial charge in [-0.15, -0.1) is 6.42 Å². The topological polar surface area (TPSA) is 40.5 Å². The molecule has 17 heavy (non-hydrogen) atoms. The van der Waals surface area contributed by atoms with E-state index in [4.69, 9.17) is 23.1 Å². The Morgan fingerprint density at radius 3 is 2.82 bits per heavy atom. The Bertz CT molecular complexity index is 451. The van der Waals surface area contributed by atoms with Gasteiger partial charge in [-0.05, 0) is 30.2 Å². The first-order valence-electron chi connectivity index (χ1n) is 5.15. The average molecular weight is 252 g/mol. The van der Waals surface area contributed by atoms with E-state index < -0.39 is 5.97 Å². The molecule has 0 spiro atoms. The minimum atomic E-state index is -0.883. The van der Waals surface area contributed by atoms with E-state index >= 15 is 0 Å². The van der Waals surface area contributed by atoms with Gasteiger partial charge in [0.2, 0.25) is 0 Å². The van der Waals surface area contributed by atoms with Crippen molar-refractivity contribution in [3.8, 4) is 12.3 Å². The molecule has 0 fully saturated rings. The van der Waals surface area contributed by atoms with Crippen molar-refractivity contribution in [1.29, 1.82) is 0 Å². The van der Waals surface area contributed by atoms with Gasteiger partial charge in [0.05, 0.1) is 13.1 Å². The van der Waals surface area contributed by atoms with Gasteiger partial charge in [-0.1, -0.05) is 23.6 Å². The Hall–Kier alpha value is -1.50. The lowest BCUT2D eigenvalue weighted by Gasteiger charge is -2.18. The molecule has 0 radical (unpaired) electrons. The van der Waals surface area contributed by atoms with E-state index in [0.717, 1.165) is 11.1 Å². The predicted octanol–water partition coefficient (Wildman–Crippen LogP) is 2.17. The third-order valence-corrected chi connectivity index (χ3v) is 2.61. The number of carbonyl (C=O) groups is 1. The fourth-order valence-electron chi connectivity index (χ4n) is 1.57. The van der Waals surface area contributed by atoms with Crippen LogP contribution in [-0.2, 0) is 11.3 Å². The van der Waals surface area contributed by atoms with Gasteiger partial charge in [-0.25, -0.2) is 0 Å². The average Bonchev–Trinajstić information content (AvgIpc) is 2.21. The van der Waals surface area contributed by atoms with E-state index in [1.807, 2.05) is 19.1 Å². The Kier molecular flexibility index (Phi) is 5.02. The molecule has 0 atom stereocenters. The van der Waals surface area contributed by atoms with E-state index in [2.05, 4.69) is 5.92 Å². The number of carboxylic acid groups (broad SMARTS) is 1. The van der Waals surface area contributed by atoms with Gasteiger partial charge in [-0.3, -0.25) is 9.69 Å². The molecular formula is C13H14ClNO2. The number of hydrogen-bond donors (Lipinski definition) is 1. The van der Waals surface area contributed by atoms with E-state index in [1.165, 1.54) is 0 Å². The number of aryl methyl sites for hydroxylation is 1. The van der Waals surface area contributed by atoms with E-state index in [1.54, 1.807) is 11.0 Å². The van der Waals surface area contributed by atoms with Crippen LogP contribution in [-0.4, -0.2) is 29.1 Å². The van der Waals surface area contributed by atoms with Gasteiger partial charge in [-0.2, -0.15) is 0 Å². The van der Waals surface area contributed by atoms with E-state index in [-0.39, 0.29) is 6.54 Å². The van der Waals surface area contributed by atoms with Gasteiger partial charge < -0.3 is 5.11 Å². The smallest absolute Gasteiger partial charge is 0.317 e. The molecule has 0 aromatic heterocycles. The quantitative estimate of drug-likeness (QED) is 0.816. The number of hydrogen-bond acceptors (Lipinski definition) is 2. The molecule has 0 unspecified atom stereocenters. The van der Waals surface area contributed by atoms with Crippen LogP contribution < -0.4 is 0 Å². The zero-order valence-corrected chi connectivity index (χ0v) is 10.4. The van der Waals surface area contributed by atoms with Gasteiger partial charge in [0, 0.05) is 11.6 Å². The second-order valence-corrected chi connectivity index (χ2v) is 4.25. The van der Waals surface area contributed by atoms with Gasteiger partial charge >= 0.3 is 5.97 Å². The zero-order chi connectivity index (χ0) is 12.8. The first kappa shape index (κ1) is 13.6. The van der Waals surface area contributed by atoms with Crippen LogP contribution >= 0.6 is 11.6 Å². The highest BCUT2D eigenvalue weighted by Crippen LogP contribution is 2.16. The normalized spacial score (nSPS) is 10.2. The number of terminal acetylenes is 1. The van der Waals surface area contributed by atoms with Crippen LogP contribution in [0.25, 0.3) is 0 Å². The van der Waals surface area contributed by atoms with Crippen LogP contribution in [0.15, 0.2) is 18.2 Å². The minimum absolute atomic E-state index is 0.0632. The monoisotopic (exact) mass is 251 g/mol. The molecule has 1 aromatic rings. The Morgan fingerprint density at radius 2 is 2.29 bits per heavy atom. The highest BCUT2D eigenvalue weighted by atomic mass is 35.5. The molecular weight excluding hydrogens is 238 g/mol. The number of aliphatic carboxylic acids is 1. The molecule has 0 aliphatic carbocycles. The van der Waals surface area contributed by atoms with Gasteiger partial charge in [0.1, 0.15) is 0 Å². The molecule has 0 amide bonds. The minimum Gasteiger partial charge on any atom is -0.480 e. The molecule has 4 heteroatoms. The summed E-state index contributed by atoms with van der Waals surface area (Å²) in [6.45, 7) is 2.70. The van der Waals surface area contributed by atoms with Gasteiger partial charge in [0.15, 0.2) is 0 Å². The Balaban J connectivity index is 2.78. The summed E-state index contributed by atoms with van der Waals surface area (Å²) in [7, 11) is 0. The summed E-state index contributed by atoms with van der Waals surface area (Å²) in [5, 5.41) is 9.44. The van der Waals surface area contributed by atoms with Crippen molar-refractivity contribution in [3.63, 3.8) is 0 Å². The molecule has 0 bridgehead atoms. The fourth-order valence-corrected chi connectivity index (χ4v) is 1.79. The first-order chi connectivity index (χ1) is 8.02. The number of carboxylic acids is 1. The fraction of sp³-hybridized carbons (Fsp3) is 0.308. The van der Waals surface area contributed by atoms with Crippen LogP contribution in [0.5, 0.6) is 0 Å². The highest BCUT2D eigenvalue weighted by molar-refractivity contribution is 6.30. The summed E-state index contributed by atoms with van der Waals surface area (Å²) in [6.07, 6.45) is 5.22. The zero-order valence-electron chi connectivity index (χ0n) is 9.61. The van der Waals surface area contributed by atoms with Crippen molar-refractivity contribution in [2.24, 2.45) is 0 Å². The summed E-state index contributed by atoms with van der Waals surface area (Å²) in [4.78, 5) is 12.4. The second kappa shape index (κ2) is 6.29. The predicted molar refractivity (Wildman–Crippen MR) is 67.9 cm³/mol. The summed E-state index contributed by atoms with van der Waals surface area (Å²) in [5.41, 5.74) is 2.07. The van der Waals surface area contributed by atoms with Crippen molar-refractivity contribution in [2.45, 2.75) is 13.5 Å². The molecule has 90 valence electrons. The van der Waals surface area contributed by atoms with Crippen molar-refractivity contribution in [2.75, 3.05) is 13.1 Å². The maximum absolute atomic E-state index is 10.7. The van der Waals surface area contributed by atoms with Crippen molar-refractivity contribution in [3.05, 3.63) is 34.3 Å². The van der Waals surface area contributed by atoms with Crippen LogP contribution in [0.3, 0.4) is 0 Å². The largest absolute Gasteiger partial charge is 0.480 e. The first-order valence-corrected chi connectivity index (χ1v) is 5.53. The third-order valence-electron chi connectivity index (χ3n) is 2.37. The SMILES string of the molecule is C#CCN(CC(=O)O)Cc1ccc(Cl)cc1C. The Morgan fingerprint density at radius 1 is 1.59 bits per heavy atom. The molecule has 3 nitrogen and oxygen atoms in total. The number of halogens is 1. The summed E-state index contributed by atoms with van der Waals surface area (Å²) in [6, 6.07) is 5.54. The van der Waals surface area contributed by atoms with E-state index in [0.29, 0.717) is 18.1 Å². The molecule has 0 aliphatic rings. The summed E-state index contributed by atoms with van der Waals surface area (Å²) >= 11 is 5.86. The summed E-state index contributed by atoms with van der Waals surface area (Å²) in [5.74, 6) is 1.58. The van der Waals surface area contributed by atoms with E-state index in [9.17, 15) is 4.79 Å². The lowest BCUT2D eigenvalue weighted by Crippen LogP contribution is -2.29. The van der Waals surface area contributed by atoms with Crippen molar-refractivity contribution in [1.82, 2.24) is 4.90 Å². The Labute approximate surface area is 106 Å². The molecule has 0 heterocycles.